The molecule has 0 atom stereocenters. The van der Waals surface area contributed by atoms with E-state index >= 15 is 0 Å². The van der Waals surface area contributed by atoms with Gasteiger partial charge in [-0.15, -0.1) is 0 Å². The average Bonchev–Trinajstić information content (AvgIpc) is 3.04. The Morgan fingerprint density at radius 3 is 2.64 bits per heavy atom. The minimum absolute atomic E-state index is 0.316. The number of H-pyrrole nitrogens is 1. The monoisotopic (exact) mass is 301 g/mol. The first-order valence-electron chi connectivity index (χ1n) is 7.80. The van der Waals surface area contributed by atoms with E-state index in [-0.39, 0.29) is 0 Å². The lowest BCUT2D eigenvalue weighted by atomic mass is 9.97. The number of nitrogens with zero attached hydrogens (tertiary/aromatic N) is 2. The minimum atomic E-state index is 0.316. The van der Waals surface area contributed by atoms with E-state index in [1.165, 1.54) is 5.56 Å². The number of methoxy groups -OCH3 is 1. The quantitative estimate of drug-likeness (QED) is 0.889. The molecule has 0 aliphatic carbocycles. The highest BCUT2D eigenvalue weighted by Crippen LogP contribution is 2.26. The van der Waals surface area contributed by atoms with Crippen LogP contribution in [0.4, 0.5) is 0 Å². The Bertz CT molecular complexity index is 586. The van der Waals surface area contributed by atoms with E-state index in [1.54, 1.807) is 7.11 Å². The van der Waals surface area contributed by atoms with Crippen molar-refractivity contribution in [3.63, 3.8) is 0 Å². The molecule has 0 radical (unpaired) electrons. The highest BCUT2D eigenvalue weighted by molar-refractivity contribution is 5.63. The van der Waals surface area contributed by atoms with Gasteiger partial charge in [-0.3, -0.25) is 10.00 Å². The van der Waals surface area contributed by atoms with E-state index in [0.29, 0.717) is 12.5 Å². The van der Waals surface area contributed by atoms with Crippen molar-refractivity contribution in [3.8, 4) is 17.0 Å². The molecule has 0 amide bonds. The van der Waals surface area contributed by atoms with Crippen LogP contribution in [0.5, 0.6) is 5.75 Å². The normalized spacial score (nSPS) is 16.8. The first-order chi connectivity index (χ1) is 10.8. The summed E-state index contributed by atoms with van der Waals surface area (Å²) in [6, 6.07) is 8.03. The van der Waals surface area contributed by atoms with E-state index in [2.05, 4.69) is 15.1 Å². The van der Waals surface area contributed by atoms with Crippen LogP contribution in [0.15, 0.2) is 30.5 Å². The number of nitrogens with one attached hydrogen (secondary N) is 1. The van der Waals surface area contributed by atoms with Crippen LogP contribution in [0, 0.1) is 5.92 Å². The van der Waals surface area contributed by atoms with Crippen LogP contribution in [-0.2, 0) is 6.54 Å². The molecule has 1 aromatic heterocycles. The van der Waals surface area contributed by atoms with E-state index in [9.17, 15) is 5.11 Å². The van der Waals surface area contributed by atoms with E-state index in [0.717, 1.165) is 49.5 Å². The summed E-state index contributed by atoms with van der Waals surface area (Å²) in [6.45, 7) is 3.30. The molecule has 0 spiro atoms. The maximum atomic E-state index is 9.23. The number of likely N-dealkylation sites (tertiary alicyclic amines) is 1. The van der Waals surface area contributed by atoms with E-state index in [1.807, 2.05) is 30.5 Å². The van der Waals surface area contributed by atoms with Gasteiger partial charge in [-0.25, -0.2) is 0 Å². The number of hydrogen-bond acceptors (Lipinski definition) is 4. The van der Waals surface area contributed by atoms with Crippen LogP contribution in [0.25, 0.3) is 11.3 Å². The molecule has 0 bridgehead atoms. The molecule has 2 aromatic rings. The summed E-state index contributed by atoms with van der Waals surface area (Å²) in [5.41, 5.74) is 3.41. The molecule has 1 aromatic carbocycles. The van der Waals surface area contributed by atoms with Gasteiger partial charge in [0, 0.05) is 24.3 Å². The van der Waals surface area contributed by atoms with Crippen LogP contribution in [0.1, 0.15) is 18.4 Å². The van der Waals surface area contributed by atoms with Crippen LogP contribution in [0.2, 0.25) is 0 Å². The Labute approximate surface area is 130 Å². The summed E-state index contributed by atoms with van der Waals surface area (Å²) in [5.74, 6) is 1.33. The Balaban J connectivity index is 1.69. The number of aliphatic hydroxyl groups excluding tert-OH is 1. The third-order valence-electron chi connectivity index (χ3n) is 4.46. The van der Waals surface area contributed by atoms with Gasteiger partial charge in [0.1, 0.15) is 5.75 Å². The summed E-state index contributed by atoms with van der Waals surface area (Å²) >= 11 is 0. The van der Waals surface area contributed by atoms with Crippen molar-refractivity contribution in [1.29, 1.82) is 0 Å². The standard InChI is InChI=1S/C17H23N3O2/c1-22-16-4-2-14(3-5-16)17-15(10-18-19-17)11-20-8-6-13(12-21)7-9-20/h2-5,10,13,21H,6-9,11-12H2,1H3,(H,18,19). The second kappa shape index (κ2) is 6.94. The lowest BCUT2D eigenvalue weighted by Gasteiger charge is -2.30. The van der Waals surface area contributed by atoms with Crippen molar-refractivity contribution in [2.45, 2.75) is 19.4 Å². The fourth-order valence-corrected chi connectivity index (χ4v) is 3.01. The molecule has 1 fully saturated rings. The predicted molar refractivity (Wildman–Crippen MR) is 85.7 cm³/mol. The van der Waals surface area contributed by atoms with Gasteiger partial charge in [-0.05, 0) is 56.1 Å². The van der Waals surface area contributed by atoms with E-state index < -0.39 is 0 Å². The smallest absolute Gasteiger partial charge is 0.118 e. The van der Waals surface area contributed by atoms with Crippen molar-refractivity contribution in [3.05, 3.63) is 36.0 Å². The molecule has 2 heterocycles. The van der Waals surface area contributed by atoms with Crippen LogP contribution >= 0.6 is 0 Å². The fourth-order valence-electron chi connectivity index (χ4n) is 3.01. The van der Waals surface area contributed by atoms with Crippen LogP contribution in [0.3, 0.4) is 0 Å². The van der Waals surface area contributed by atoms with Crippen molar-refractivity contribution >= 4 is 0 Å². The summed E-state index contributed by atoms with van der Waals surface area (Å²) in [5, 5.41) is 16.6. The van der Waals surface area contributed by atoms with Gasteiger partial charge in [-0.2, -0.15) is 5.10 Å². The number of ether oxygens (including phenoxy) is 1. The lowest BCUT2D eigenvalue weighted by Crippen LogP contribution is -2.34. The Hall–Kier alpha value is -1.85. The third-order valence-corrected chi connectivity index (χ3v) is 4.46. The van der Waals surface area contributed by atoms with Gasteiger partial charge in [0.25, 0.3) is 0 Å². The first-order valence-corrected chi connectivity index (χ1v) is 7.80. The SMILES string of the molecule is COc1ccc(-c2[nH]ncc2CN2CCC(CO)CC2)cc1. The lowest BCUT2D eigenvalue weighted by molar-refractivity contribution is 0.127. The third kappa shape index (κ3) is 3.31. The van der Waals surface area contributed by atoms with Gasteiger partial charge >= 0.3 is 0 Å². The number of piperidine rings is 1. The molecule has 5 nitrogen and oxygen atoms in total. The molecule has 2 N–H and O–H groups in total. The Morgan fingerprint density at radius 2 is 2.00 bits per heavy atom. The number of aromatic nitrogens is 2. The van der Waals surface area contributed by atoms with Gasteiger partial charge in [0.15, 0.2) is 0 Å². The predicted octanol–water partition coefficient (Wildman–Crippen LogP) is 2.29. The molecular weight excluding hydrogens is 278 g/mol. The Morgan fingerprint density at radius 1 is 1.27 bits per heavy atom. The van der Waals surface area contributed by atoms with Crippen molar-refractivity contribution < 1.29 is 9.84 Å². The molecular formula is C17H23N3O2. The fraction of sp³-hybridized carbons (Fsp3) is 0.471. The zero-order valence-corrected chi connectivity index (χ0v) is 13.0. The van der Waals surface area contributed by atoms with Crippen LogP contribution < -0.4 is 4.74 Å². The zero-order chi connectivity index (χ0) is 15.4. The molecule has 1 aliphatic rings. The molecule has 5 heteroatoms. The zero-order valence-electron chi connectivity index (χ0n) is 13.0. The molecule has 0 unspecified atom stereocenters. The highest BCUT2D eigenvalue weighted by atomic mass is 16.5. The molecule has 1 saturated heterocycles. The average molecular weight is 301 g/mol. The maximum absolute atomic E-state index is 9.23. The van der Waals surface area contributed by atoms with E-state index in [4.69, 9.17) is 4.74 Å². The largest absolute Gasteiger partial charge is 0.497 e. The van der Waals surface area contributed by atoms with Gasteiger partial charge in [-0.1, -0.05) is 0 Å². The van der Waals surface area contributed by atoms with Gasteiger partial charge < -0.3 is 9.84 Å². The van der Waals surface area contributed by atoms with Crippen LogP contribution in [-0.4, -0.2) is 47.0 Å². The molecule has 3 rings (SSSR count). The van der Waals surface area contributed by atoms with Gasteiger partial charge in [0.2, 0.25) is 0 Å². The summed E-state index contributed by atoms with van der Waals surface area (Å²) < 4.78 is 5.20. The second-order valence-electron chi connectivity index (χ2n) is 5.90. The highest BCUT2D eigenvalue weighted by Gasteiger charge is 2.20. The number of aromatic amines is 1. The maximum Gasteiger partial charge on any atom is 0.118 e. The van der Waals surface area contributed by atoms with Crippen molar-refractivity contribution in [1.82, 2.24) is 15.1 Å². The summed E-state index contributed by atoms with van der Waals surface area (Å²) in [4.78, 5) is 2.43. The molecule has 22 heavy (non-hydrogen) atoms. The Kier molecular flexibility index (Phi) is 4.75. The van der Waals surface area contributed by atoms with Crippen molar-refractivity contribution in [2.24, 2.45) is 5.92 Å². The second-order valence-corrected chi connectivity index (χ2v) is 5.90. The topological polar surface area (TPSA) is 61.4 Å². The molecule has 118 valence electrons. The summed E-state index contributed by atoms with van der Waals surface area (Å²) in [7, 11) is 1.67. The van der Waals surface area contributed by atoms with Crippen molar-refractivity contribution in [2.75, 3.05) is 26.8 Å². The molecule has 0 saturated carbocycles. The minimum Gasteiger partial charge on any atom is -0.497 e. The first kappa shape index (κ1) is 15.1. The number of rotatable bonds is 5. The number of hydrogen-bond donors (Lipinski definition) is 2. The van der Waals surface area contributed by atoms with Gasteiger partial charge in [0.05, 0.1) is 19.0 Å². The molecule has 1 aliphatic heterocycles. The number of aliphatic hydroxyl groups is 1. The summed E-state index contributed by atoms with van der Waals surface area (Å²) in [6.07, 6.45) is 4.07. The number of benzene rings is 1.